The molecule has 32 heavy (non-hydrogen) atoms. The lowest BCUT2D eigenvalue weighted by atomic mass is 10.00. The topological polar surface area (TPSA) is 107 Å². The molecule has 7 heteroatoms. The second-order valence-corrected chi connectivity index (χ2v) is 7.47. The molecule has 1 saturated heterocycles. The summed E-state index contributed by atoms with van der Waals surface area (Å²) in [4.78, 5) is 21.5. The van der Waals surface area contributed by atoms with Gasteiger partial charge < -0.3 is 25.0 Å². The number of carboxylic acid groups (broad SMARTS) is 2. The molecule has 3 rings (SSSR count). The molecule has 7 nitrogen and oxygen atoms in total. The Kier molecular flexibility index (Phi) is 11.2. The minimum absolute atomic E-state index is 0.00129. The first-order valence-electron chi connectivity index (χ1n) is 10.7. The van der Waals surface area contributed by atoms with Gasteiger partial charge in [0.05, 0.1) is 6.10 Å². The van der Waals surface area contributed by atoms with Gasteiger partial charge >= 0.3 is 11.9 Å². The maximum atomic E-state index is 9.55. The maximum Gasteiger partial charge on any atom is 0.328 e. The zero-order chi connectivity index (χ0) is 23.2. The van der Waals surface area contributed by atoms with Crippen LogP contribution in [-0.2, 0) is 14.3 Å². The average molecular weight is 442 g/mol. The van der Waals surface area contributed by atoms with Crippen molar-refractivity contribution in [2.24, 2.45) is 0 Å². The fraction of sp³-hybridized carbons (Fsp3) is 0.360. The second-order valence-electron chi connectivity index (χ2n) is 7.47. The molecule has 0 amide bonds. The predicted molar refractivity (Wildman–Crippen MR) is 121 cm³/mol. The Balaban J connectivity index is 0.000000390. The van der Waals surface area contributed by atoms with E-state index in [1.54, 1.807) is 0 Å². The summed E-state index contributed by atoms with van der Waals surface area (Å²) in [5, 5.41) is 24.6. The van der Waals surface area contributed by atoms with Crippen LogP contribution in [0.4, 0.5) is 0 Å². The van der Waals surface area contributed by atoms with Crippen molar-refractivity contribution < 1.29 is 29.6 Å². The molecule has 0 atom stereocenters. The van der Waals surface area contributed by atoms with Gasteiger partial charge in [0.1, 0.15) is 6.10 Å². The van der Waals surface area contributed by atoms with Crippen LogP contribution in [-0.4, -0.2) is 64.5 Å². The number of aliphatic hydroxyl groups is 1. The summed E-state index contributed by atoms with van der Waals surface area (Å²) >= 11 is 0. The van der Waals surface area contributed by atoms with Gasteiger partial charge in [0, 0.05) is 38.4 Å². The SMILES string of the molecule is O=C(O)C=CC(=O)O.OCCCN1CCC(OC(c2ccccc2)c2ccccc2)CC1. The Hall–Kier alpha value is -3.00. The number of nitrogens with zero attached hydrogens (tertiary/aromatic N) is 1. The molecule has 2 aromatic rings. The number of likely N-dealkylation sites (tertiary alicyclic amines) is 1. The summed E-state index contributed by atoms with van der Waals surface area (Å²) in [6.45, 7) is 3.38. The Bertz CT molecular complexity index is 777. The predicted octanol–water partition coefficient (Wildman–Crippen LogP) is 3.35. The van der Waals surface area contributed by atoms with Crippen LogP contribution < -0.4 is 0 Å². The Morgan fingerprint density at radius 2 is 1.38 bits per heavy atom. The summed E-state index contributed by atoms with van der Waals surface area (Å²) in [5.41, 5.74) is 2.43. The van der Waals surface area contributed by atoms with Crippen LogP contribution in [0.25, 0.3) is 0 Å². The van der Waals surface area contributed by atoms with Crippen LogP contribution in [0.2, 0.25) is 0 Å². The number of rotatable bonds is 9. The van der Waals surface area contributed by atoms with Crippen LogP contribution in [0.5, 0.6) is 0 Å². The van der Waals surface area contributed by atoms with Gasteiger partial charge in [-0.3, -0.25) is 0 Å². The number of piperidine rings is 1. The average Bonchev–Trinajstić information content (AvgIpc) is 2.82. The number of carbonyl (C=O) groups is 2. The van der Waals surface area contributed by atoms with Gasteiger partial charge in [-0.1, -0.05) is 60.7 Å². The first-order chi connectivity index (χ1) is 15.5. The summed E-state index contributed by atoms with van der Waals surface area (Å²) in [7, 11) is 0. The number of aliphatic carboxylic acids is 2. The monoisotopic (exact) mass is 441 g/mol. The number of ether oxygens (including phenoxy) is 1. The second kappa shape index (κ2) is 14.1. The highest BCUT2D eigenvalue weighted by molar-refractivity contribution is 5.89. The third kappa shape index (κ3) is 9.43. The van der Waals surface area contributed by atoms with Crippen molar-refractivity contribution in [1.29, 1.82) is 0 Å². The van der Waals surface area contributed by atoms with Crippen molar-refractivity contribution in [1.82, 2.24) is 4.90 Å². The normalized spacial score (nSPS) is 14.8. The van der Waals surface area contributed by atoms with Gasteiger partial charge in [0.15, 0.2) is 0 Å². The zero-order valence-corrected chi connectivity index (χ0v) is 18.0. The van der Waals surface area contributed by atoms with Gasteiger partial charge in [-0.2, -0.15) is 0 Å². The van der Waals surface area contributed by atoms with Crippen molar-refractivity contribution in [3.05, 3.63) is 83.9 Å². The molecule has 0 saturated carbocycles. The van der Waals surface area contributed by atoms with E-state index < -0.39 is 11.9 Å². The Morgan fingerprint density at radius 1 is 0.906 bits per heavy atom. The highest BCUT2D eigenvalue weighted by atomic mass is 16.5. The maximum absolute atomic E-state index is 9.55. The summed E-state index contributed by atoms with van der Waals surface area (Å²) in [6.07, 6.45) is 4.39. The van der Waals surface area contributed by atoms with E-state index >= 15 is 0 Å². The van der Waals surface area contributed by atoms with E-state index in [-0.39, 0.29) is 12.7 Å². The molecule has 1 fully saturated rings. The van der Waals surface area contributed by atoms with E-state index in [1.807, 2.05) is 12.1 Å². The largest absolute Gasteiger partial charge is 0.478 e. The summed E-state index contributed by atoms with van der Waals surface area (Å²) in [6, 6.07) is 21.0. The van der Waals surface area contributed by atoms with Gasteiger partial charge in [0.2, 0.25) is 0 Å². The molecule has 0 aromatic heterocycles. The van der Waals surface area contributed by atoms with E-state index in [0.29, 0.717) is 18.3 Å². The molecule has 0 spiro atoms. The number of carboxylic acids is 2. The Labute approximate surface area is 188 Å². The van der Waals surface area contributed by atoms with E-state index in [1.165, 1.54) is 11.1 Å². The smallest absolute Gasteiger partial charge is 0.328 e. The Morgan fingerprint density at radius 3 is 1.78 bits per heavy atom. The lowest BCUT2D eigenvalue weighted by Crippen LogP contribution is -2.38. The quantitative estimate of drug-likeness (QED) is 0.512. The standard InChI is InChI=1S/C21H27NO2.C4H4O4/c23-17-7-14-22-15-12-20(13-16-22)24-21(18-8-3-1-4-9-18)19-10-5-2-6-11-19;5-3(6)1-2-4(7)8/h1-6,8-11,20-21,23H,7,12-17H2;1-2H,(H,5,6)(H,7,8). The van der Waals surface area contributed by atoms with Gasteiger partial charge in [0.25, 0.3) is 0 Å². The number of aliphatic hydroxyl groups excluding tert-OH is 1. The molecular formula is C25H31NO6. The molecule has 0 bridgehead atoms. The third-order valence-corrected chi connectivity index (χ3v) is 5.07. The van der Waals surface area contributed by atoms with Crippen molar-refractivity contribution in [2.75, 3.05) is 26.2 Å². The summed E-state index contributed by atoms with van der Waals surface area (Å²) < 4.78 is 6.54. The van der Waals surface area contributed by atoms with E-state index in [4.69, 9.17) is 20.1 Å². The van der Waals surface area contributed by atoms with Crippen molar-refractivity contribution in [3.63, 3.8) is 0 Å². The molecule has 0 aliphatic carbocycles. The molecule has 1 aliphatic heterocycles. The van der Waals surface area contributed by atoms with Gasteiger partial charge in [-0.15, -0.1) is 0 Å². The molecule has 1 aliphatic rings. The van der Waals surface area contributed by atoms with Crippen LogP contribution in [0.15, 0.2) is 72.8 Å². The van der Waals surface area contributed by atoms with Gasteiger partial charge in [-0.05, 0) is 30.4 Å². The number of hydrogen-bond donors (Lipinski definition) is 3. The molecule has 0 unspecified atom stereocenters. The lowest BCUT2D eigenvalue weighted by Gasteiger charge is -2.34. The summed E-state index contributed by atoms with van der Waals surface area (Å²) in [5.74, 6) is -2.51. The van der Waals surface area contributed by atoms with Crippen molar-refractivity contribution in [3.8, 4) is 0 Å². The van der Waals surface area contributed by atoms with Crippen molar-refractivity contribution in [2.45, 2.75) is 31.5 Å². The van der Waals surface area contributed by atoms with E-state index in [0.717, 1.165) is 38.9 Å². The minimum atomic E-state index is -1.26. The van der Waals surface area contributed by atoms with Gasteiger partial charge in [-0.25, -0.2) is 9.59 Å². The van der Waals surface area contributed by atoms with Crippen molar-refractivity contribution >= 4 is 11.9 Å². The molecule has 1 heterocycles. The molecule has 0 radical (unpaired) electrons. The first kappa shape index (κ1) is 25.3. The zero-order valence-electron chi connectivity index (χ0n) is 18.0. The third-order valence-electron chi connectivity index (χ3n) is 5.07. The highest BCUT2D eigenvalue weighted by Gasteiger charge is 2.24. The van der Waals surface area contributed by atoms with Crippen LogP contribution in [0.3, 0.4) is 0 Å². The fourth-order valence-corrected chi connectivity index (χ4v) is 3.50. The minimum Gasteiger partial charge on any atom is -0.478 e. The highest BCUT2D eigenvalue weighted by Crippen LogP contribution is 2.29. The van der Waals surface area contributed by atoms with E-state index in [2.05, 4.69) is 53.4 Å². The lowest BCUT2D eigenvalue weighted by molar-refractivity contribution is -0.134. The molecule has 2 aromatic carbocycles. The van der Waals surface area contributed by atoms with E-state index in [9.17, 15) is 9.59 Å². The van der Waals surface area contributed by atoms with Crippen LogP contribution >= 0.6 is 0 Å². The fourth-order valence-electron chi connectivity index (χ4n) is 3.50. The molecule has 172 valence electrons. The van der Waals surface area contributed by atoms with Crippen LogP contribution in [0, 0.1) is 0 Å². The number of benzene rings is 2. The molecule has 3 N–H and O–H groups in total. The van der Waals surface area contributed by atoms with Crippen LogP contribution in [0.1, 0.15) is 36.5 Å². The molecular weight excluding hydrogens is 410 g/mol. The number of hydrogen-bond acceptors (Lipinski definition) is 5. The first-order valence-corrected chi connectivity index (χ1v) is 10.7.